The molecule has 72 valence electrons. The molecule has 0 bridgehead atoms. The molecule has 0 radical (unpaired) electrons. The van der Waals surface area contributed by atoms with E-state index in [2.05, 4.69) is 5.10 Å². The number of halogens is 2. The fourth-order valence-corrected chi connectivity index (χ4v) is 1.51. The first-order chi connectivity index (χ1) is 6.77. The molecule has 14 heavy (non-hydrogen) atoms. The van der Waals surface area contributed by atoms with Crippen LogP contribution in [0.3, 0.4) is 0 Å². The van der Waals surface area contributed by atoms with Crippen LogP contribution in [0, 0.1) is 0 Å². The predicted octanol–water partition coefficient (Wildman–Crippen LogP) is 3.24. The maximum atomic E-state index is 5.93. The van der Waals surface area contributed by atoms with Gasteiger partial charge in [-0.2, -0.15) is 5.10 Å². The third kappa shape index (κ3) is 1.91. The Kier molecular flexibility index (Phi) is 2.75. The van der Waals surface area contributed by atoms with Gasteiger partial charge in [0.25, 0.3) is 0 Å². The smallest absolute Gasteiger partial charge is 0.146 e. The van der Waals surface area contributed by atoms with E-state index in [4.69, 9.17) is 23.2 Å². The van der Waals surface area contributed by atoms with Crippen molar-refractivity contribution in [2.45, 2.75) is 6.54 Å². The summed E-state index contributed by atoms with van der Waals surface area (Å²) < 4.78 is 1.67. The minimum Gasteiger partial charge on any atom is -0.248 e. The van der Waals surface area contributed by atoms with E-state index in [-0.39, 0.29) is 0 Å². The van der Waals surface area contributed by atoms with Gasteiger partial charge in [0.15, 0.2) is 0 Å². The van der Waals surface area contributed by atoms with E-state index >= 15 is 0 Å². The van der Waals surface area contributed by atoms with Crippen LogP contribution in [0.2, 0.25) is 10.2 Å². The zero-order valence-corrected chi connectivity index (χ0v) is 8.83. The summed E-state index contributed by atoms with van der Waals surface area (Å²) in [7, 11) is 0. The minimum atomic E-state index is 0.482. The van der Waals surface area contributed by atoms with Gasteiger partial charge in [0.2, 0.25) is 0 Å². The number of hydrogen-bond acceptors (Lipinski definition) is 1. The van der Waals surface area contributed by atoms with Crippen molar-refractivity contribution in [1.82, 2.24) is 9.78 Å². The third-order valence-electron chi connectivity index (χ3n) is 1.91. The van der Waals surface area contributed by atoms with Gasteiger partial charge in [-0.3, -0.25) is 0 Å². The molecule has 0 amide bonds. The lowest BCUT2D eigenvalue weighted by atomic mass is 10.2. The lowest BCUT2D eigenvalue weighted by Crippen LogP contribution is -2.00. The second-order valence-corrected chi connectivity index (χ2v) is 3.69. The van der Waals surface area contributed by atoms with Crippen LogP contribution in [0.1, 0.15) is 5.56 Å². The van der Waals surface area contributed by atoms with Crippen molar-refractivity contribution >= 4 is 23.2 Å². The molecule has 0 atom stereocenters. The fraction of sp³-hybridized carbons (Fsp3) is 0.100. The van der Waals surface area contributed by atoms with Crippen molar-refractivity contribution in [3.05, 3.63) is 52.3 Å². The van der Waals surface area contributed by atoms with Crippen molar-refractivity contribution < 1.29 is 0 Å². The van der Waals surface area contributed by atoms with E-state index in [0.29, 0.717) is 16.7 Å². The van der Waals surface area contributed by atoms with Crippen LogP contribution in [0.4, 0.5) is 0 Å². The van der Waals surface area contributed by atoms with Crippen molar-refractivity contribution in [3.63, 3.8) is 0 Å². The summed E-state index contributed by atoms with van der Waals surface area (Å²) >= 11 is 11.7. The monoisotopic (exact) mass is 226 g/mol. The molecule has 0 saturated carbocycles. The van der Waals surface area contributed by atoms with Crippen molar-refractivity contribution in [2.75, 3.05) is 0 Å². The van der Waals surface area contributed by atoms with E-state index < -0.39 is 0 Å². The van der Waals surface area contributed by atoms with Gasteiger partial charge in [-0.15, -0.1) is 0 Å². The average Bonchev–Trinajstić information content (AvgIpc) is 2.52. The Labute approximate surface area is 92.1 Å². The predicted molar refractivity (Wildman–Crippen MR) is 57.8 cm³/mol. The van der Waals surface area contributed by atoms with E-state index in [1.807, 2.05) is 30.3 Å². The lowest BCUT2D eigenvalue weighted by molar-refractivity contribution is 0.688. The molecule has 0 aliphatic heterocycles. The Morgan fingerprint density at radius 2 is 1.86 bits per heavy atom. The lowest BCUT2D eigenvalue weighted by Gasteiger charge is -2.02. The van der Waals surface area contributed by atoms with E-state index in [1.54, 1.807) is 10.9 Å². The summed E-state index contributed by atoms with van der Waals surface area (Å²) in [5, 5.41) is 5.03. The zero-order chi connectivity index (χ0) is 9.97. The summed E-state index contributed by atoms with van der Waals surface area (Å²) in [6.45, 7) is 0.645. The third-order valence-corrected chi connectivity index (χ3v) is 2.68. The first-order valence-electron chi connectivity index (χ1n) is 4.18. The summed E-state index contributed by atoms with van der Waals surface area (Å²) in [6, 6.07) is 9.97. The molecule has 0 spiro atoms. The normalized spacial score (nSPS) is 10.4. The molecular weight excluding hydrogens is 219 g/mol. The van der Waals surface area contributed by atoms with Crippen LogP contribution in [0.25, 0.3) is 0 Å². The van der Waals surface area contributed by atoms with Gasteiger partial charge in [-0.25, -0.2) is 4.68 Å². The molecule has 0 aliphatic rings. The molecule has 0 unspecified atom stereocenters. The molecule has 2 rings (SSSR count). The SMILES string of the molecule is Clc1cnn(Cc2ccccc2)c1Cl. The molecule has 4 heteroatoms. The summed E-state index contributed by atoms with van der Waals surface area (Å²) in [5.41, 5.74) is 1.15. The highest BCUT2D eigenvalue weighted by molar-refractivity contribution is 6.41. The molecule has 1 aromatic heterocycles. The number of nitrogens with zero attached hydrogens (tertiary/aromatic N) is 2. The molecule has 0 aliphatic carbocycles. The second-order valence-electron chi connectivity index (χ2n) is 2.93. The summed E-state index contributed by atoms with van der Waals surface area (Å²) in [4.78, 5) is 0. The van der Waals surface area contributed by atoms with Gasteiger partial charge in [0.05, 0.1) is 17.8 Å². The van der Waals surface area contributed by atoms with Crippen molar-refractivity contribution in [2.24, 2.45) is 0 Å². The highest BCUT2D eigenvalue weighted by atomic mass is 35.5. The summed E-state index contributed by atoms with van der Waals surface area (Å²) in [5.74, 6) is 0. The number of hydrogen-bond donors (Lipinski definition) is 0. The molecule has 0 N–H and O–H groups in total. The van der Waals surface area contributed by atoms with Crippen LogP contribution < -0.4 is 0 Å². The molecular formula is C10H8Cl2N2. The van der Waals surface area contributed by atoms with Crippen molar-refractivity contribution in [3.8, 4) is 0 Å². The van der Waals surface area contributed by atoms with Gasteiger partial charge < -0.3 is 0 Å². The van der Waals surface area contributed by atoms with Gasteiger partial charge in [-0.1, -0.05) is 53.5 Å². The first-order valence-corrected chi connectivity index (χ1v) is 4.93. The standard InChI is InChI=1S/C10H8Cl2N2/c11-9-6-13-14(10(9)12)7-8-4-2-1-3-5-8/h1-6H,7H2. The highest BCUT2D eigenvalue weighted by Gasteiger charge is 2.05. The van der Waals surface area contributed by atoms with Gasteiger partial charge in [0, 0.05) is 0 Å². The molecule has 0 fully saturated rings. The maximum Gasteiger partial charge on any atom is 0.146 e. The Morgan fingerprint density at radius 3 is 2.43 bits per heavy atom. The Hall–Kier alpha value is -0.990. The Bertz CT molecular complexity index is 423. The van der Waals surface area contributed by atoms with E-state index in [1.165, 1.54) is 0 Å². The Balaban J connectivity index is 2.23. The number of aromatic nitrogens is 2. The van der Waals surface area contributed by atoms with E-state index in [9.17, 15) is 0 Å². The van der Waals surface area contributed by atoms with Crippen LogP contribution >= 0.6 is 23.2 Å². The molecule has 1 heterocycles. The molecule has 1 aromatic carbocycles. The van der Waals surface area contributed by atoms with Gasteiger partial charge in [-0.05, 0) is 5.56 Å². The second kappa shape index (κ2) is 4.03. The van der Waals surface area contributed by atoms with Gasteiger partial charge in [0.1, 0.15) is 5.15 Å². The van der Waals surface area contributed by atoms with E-state index in [0.717, 1.165) is 5.56 Å². The molecule has 2 aromatic rings. The van der Waals surface area contributed by atoms with Crippen LogP contribution in [0.15, 0.2) is 36.5 Å². The minimum absolute atomic E-state index is 0.482. The first kappa shape index (κ1) is 9.56. The van der Waals surface area contributed by atoms with Gasteiger partial charge >= 0.3 is 0 Å². The zero-order valence-electron chi connectivity index (χ0n) is 7.32. The number of benzene rings is 1. The van der Waals surface area contributed by atoms with Crippen molar-refractivity contribution in [1.29, 1.82) is 0 Å². The summed E-state index contributed by atoms with van der Waals surface area (Å²) in [6.07, 6.45) is 1.55. The maximum absolute atomic E-state index is 5.93. The quantitative estimate of drug-likeness (QED) is 0.769. The number of rotatable bonds is 2. The molecule has 0 saturated heterocycles. The Morgan fingerprint density at radius 1 is 1.14 bits per heavy atom. The van der Waals surface area contributed by atoms with Crippen LogP contribution in [-0.2, 0) is 6.54 Å². The average molecular weight is 227 g/mol. The topological polar surface area (TPSA) is 17.8 Å². The fourth-order valence-electron chi connectivity index (χ4n) is 1.21. The van der Waals surface area contributed by atoms with Crippen LogP contribution in [-0.4, -0.2) is 9.78 Å². The molecule has 2 nitrogen and oxygen atoms in total. The van der Waals surface area contributed by atoms with Crippen LogP contribution in [0.5, 0.6) is 0 Å². The highest BCUT2D eigenvalue weighted by Crippen LogP contribution is 2.21. The largest absolute Gasteiger partial charge is 0.248 e.